The van der Waals surface area contributed by atoms with Crippen molar-refractivity contribution in [3.8, 4) is 5.88 Å². The van der Waals surface area contributed by atoms with Gasteiger partial charge in [-0.3, -0.25) is 9.59 Å². The number of ether oxygens (including phenoxy) is 1. The topological polar surface area (TPSA) is 77.3 Å². The van der Waals surface area contributed by atoms with Crippen LogP contribution < -0.4 is 10.3 Å². The SMILES string of the molecule is Cn1nc(C(=O)N2CC(Oc3ccc(Cl)cn3)C2)ccc1=O. The lowest BCUT2D eigenvalue weighted by Gasteiger charge is -2.38. The zero-order chi connectivity index (χ0) is 15.7. The minimum Gasteiger partial charge on any atom is -0.471 e. The van der Waals surface area contributed by atoms with Gasteiger partial charge in [0.25, 0.3) is 11.5 Å². The Morgan fingerprint density at radius 2 is 2.09 bits per heavy atom. The summed E-state index contributed by atoms with van der Waals surface area (Å²) in [7, 11) is 1.51. The molecule has 1 aliphatic rings. The van der Waals surface area contributed by atoms with Gasteiger partial charge in [-0.1, -0.05) is 11.6 Å². The predicted molar refractivity (Wildman–Crippen MR) is 79.0 cm³/mol. The van der Waals surface area contributed by atoms with Crippen LogP contribution in [0.3, 0.4) is 0 Å². The van der Waals surface area contributed by atoms with E-state index in [1.807, 2.05) is 0 Å². The number of carbonyl (C=O) groups excluding carboxylic acids is 1. The Balaban J connectivity index is 1.58. The van der Waals surface area contributed by atoms with Crippen molar-refractivity contribution in [3.63, 3.8) is 0 Å². The fourth-order valence-electron chi connectivity index (χ4n) is 2.06. The van der Waals surface area contributed by atoms with Crippen molar-refractivity contribution >= 4 is 17.5 Å². The van der Waals surface area contributed by atoms with E-state index in [9.17, 15) is 9.59 Å². The van der Waals surface area contributed by atoms with Crippen LogP contribution in [0.1, 0.15) is 10.5 Å². The normalized spacial score (nSPS) is 14.5. The molecule has 3 rings (SSSR count). The van der Waals surface area contributed by atoms with E-state index >= 15 is 0 Å². The van der Waals surface area contributed by atoms with Gasteiger partial charge in [-0.15, -0.1) is 0 Å². The Morgan fingerprint density at radius 1 is 1.32 bits per heavy atom. The molecule has 0 atom stereocenters. The van der Waals surface area contributed by atoms with E-state index in [0.29, 0.717) is 24.0 Å². The van der Waals surface area contributed by atoms with Crippen molar-refractivity contribution in [1.82, 2.24) is 19.7 Å². The van der Waals surface area contributed by atoms with Crippen molar-refractivity contribution in [2.45, 2.75) is 6.10 Å². The molecular weight excluding hydrogens is 308 g/mol. The zero-order valence-electron chi connectivity index (χ0n) is 11.8. The first-order chi connectivity index (χ1) is 10.5. The number of halogens is 1. The van der Waals surface area contributed by atoms with Crippen LogP contribution in [-0.2, 0) is 7.05 Å². The highest BCUT2D eigenvalue weighted by Crippen LogP contribution is 2.18. The highest BCUT2D eigenvalue weighted by Gasteiger charge is 2.33. The summed E-state index contributed by atoms with van der Waals surface area (Å²) < 4.78 is 6.76. The summed E-state index contributed by atoms with van der Waals surface area (Å²) in [5.74, 6) is 0.251. The Labute approximate surface area is 131 Å². The number of aromatic nitrogens is 3. The van der Waals surface area contributed by atoms with E-state index in [2.05, 4.69) is 10.1 Å². The monoisotopic (exact) mass is 320 g/mol. The van der Waals surface area contributed by atoms with Crippen LogP contribution in [0.5, 0.6) is 5.88 Å². The fourth-order valence-corrected chi connectivity index (χ4v) is 2.17. The van der Waals surface area contributed by atoms with Gasteiger partial charge < -0.3 is 9.64 Å². The number of aryl methyl sites for hydroxylation is 1. The van der Waals surface area contributed by atoms with Crippen LogP contribution in [0.4, 0.5) is 0 Å². The molecule has 22 heavy (non-hydrogen) atoms. The molecule has 0 aromatic carbocycles. The van der Waals surface area contributed by atoms with Gasteiger partial charge in [-0.05, 0) is 12.1 Å². The van der Waals surface area contributed by atoms with Gasteiger partial charge in [0.15, 0.2) is 0 Å². The van der Waals surface area contributed by atoms with Crippen LogP contribution in [-0.4, -0.2) is 44.8 Å². The molecule has 1 fully saturated rings. The standard InChI is InChI=1S/C14H13ClN4O3/c1-18-13(20)5-3-11(17-18)14(21)19-7-10(8-19)22-12-4-2-9(15)6-16-12/h2-6,10H,7-8H2,1H3. The third-order valence-electron chi connectivity index (χ3n) is 3.30. The van der Waals surface area contributed by atoms with Crippen molar-refractivity contribution in [3.05, 3.63) is 51.5 Å². The quantitative estimate of drug-likeness (QED) is 0.833. The molecule has 114 valence electrons. The first-order valence-electron chi connectivity index (χ1n) is 6.65. The van der Waals surface area contributed by atoms with Crippen LogP contribution in [0, 0.1) is 0 Å². The average Bonchev–Trinajstić information content (AvgIpc) is 2.46. The summed E-state index contributed by atoms with van der Waals surface area (Å²) >= 11 is 5.75. The lowest BCUT2D eigenvalue weighted by Crippen LogP contribution is -2.56. The maximum Gasteiger partial charge on any atom is 0.274 e. The van der Waals surface area contributed by atoms with Crippen LogP contribution in [0.15, 0.2) is 35.3 Å². The Morgan fingerprint density at radius 3 is 2.73 bits per heavy atom. The molecule has 1 saturated heterocycles. The van der Waals surface area contributed by atoms with E-state index in [4.69, 9.17) is 16.3 Å². The highest BCUT2D eigenvalue weighted by atomic mass is 35.5. The van der Waals surface area contributed by atoms with Gasteiger partial charge in [0, 0.05) is 25.4 Å². The van der Waals surface area contributed by atoms with Gasteiger partial charge >= 0.3 is 0 Å². The first kappa shape index (κ1) is 14.5. The van der Waals surface area contributed by atoms with Gasteiger partial charge in [0.05, 0.1) is 18.1 Å². The van der Waals surface area contributed by atoms with Crippen LogP contribution in [0.2, 0.25) is 5.02 Å². The molecule has 0 radical (unpaired) electrons. The molecular formula is C14H13ClN4O3. The summed E-state index contributed by atoms with van der Waals surface area (Å²) in [5, 5.41) is 4.48. The van der Waals surface area contributed by atoms with Gasteiger partial charge in [0.1, 0.15) is 11.8 Å². The second kappa shape index (κ2) is 5.76. The number of likely N-dealkylation sites (tertiary alicyclic amines) is 1. The molecule has 1 amide bonds. The van der Waals surface area contributed by atoms with Gasteiger partial charge in [0.2, 0.25) is 5.88 Å². The van der Waals surface area contributed by atoms with E-state index in [1.54, 1.807) is 17.0 Å². The third-order valence-corrected chi connectivity index (χ3v) is 3.53. The largest absolute Gasteiger partial charge is 0.471 e. The second-order valence-electron chi connectivity index (χ2n) is 4.95. The molecule has 2 aromatic rings. The lowest BCUT2D eigenvalue weighted by molar-refractivity contribution is 0.0154. The smallest absolute Gasteiger partial charge is 0.274 e. The number of carbonyl (C=O) groups is 1. The number of amides is 1. The second-order valence-corrected chi connectivity index (χ2v) is 5.38. The fraction of sp³-hybridized carbons (Fsp3) is 0.286. The summed E-state index contributed by atoms with van der Waals surface area (Å²) in [6.07, 6.45) is 1.40. The summed E-state index contributed by atoms with van der Waals surface area (Å²) in [4.78, 5) is 29.1. The third kappa shape index (κ3) is 2.94. The van der Waals surface area contributed by atoms with E-state index < -0.39 is 0 Å². The van der Waals surface area contributed by atoms with E-state index in [0.717, 1.165) is 4.68 Å². The molecule has 3 heterocycles. The van der Waals surface area contributed by atoms with Crippen molar-refractivity contribution < 1.29 is 9.53 Å². The number of nitrogens with zero attached hydrogens (tertiary/aromatic N) is 4. The predicted octanol–water partition coefficient (Wildman–Crippen LogP) is 0.732. The molecule has 0 unspecified atom stereocenters. The Kier molecular flexibility index (Phi) is 3.81. The maximum absolute atomic E-state index is 12.2. The number of hydrogen-bond donors (Lipinski definition) is 0. The Bertz CT molecular complexity index is 753. The number of rotatable bonds is 3. The molecule has 0 N–H and O–H groups in total. The van der Waals surface area contributed by atoms with E-state index in [-0.39, 0.29) is 23.3 Å². The van der Waals surface area contributed by atoms with Crippen molar-refractivity contribution in [1.29, 1.82) is 0 Å². The summed E-state index contributed by atoms with van der Waals surface area (Å²) in [6, 6.07) is 6.13. The maximum atomic E-state index is 12.2. The average molecular weight is 321 g/mol. The minimum absolute atomic E-state index is 0.106. The summed E-state index contributed by atoms with van der Waals surface area (Å²) in [6.45, 7) is 0.904. The van der Waals surface area contributed by atoms with Crippen LogP contribution in [0.25, 0.3) is 0 Å². The molecule has 0 bridgehead atoms. The van der Waals surface area contributed by atoms with Gasteiger partial charge in [-0.25, -0.2) is 9.67 Å². The number of pyridine rings is 1. The van der Waals surface area contributed by atoms with Crippen LogP contribution >= 0.6 is 11.6 Å². The van der Waals surface area contributed by atoms with Crippen molar-refractivity contribution in [2.24, 2.45) is 7.05 Å². The first-order valence-corrected chi connectivity index (χ1v) is 7.02. The number of hydrogen-bond acceptors (Lipinski definition) is 5. The molecule has 0 aliphatic carbocycles. The minimum atomic E-state index is -0.254. The molecule has 2 aromatic heterocycles. The van der Waals surface area contributed by atoms with Crippen molar-refractivity contribution in [2.75, 3.05) is 13.1 Å². The molecule has 7 nitrogen and oxygen atoms in total. The molecule has 0 saturated carbocycles. The van der Waals surface area contributed by atoms with Gasteiger partial charge in [-0.2, -0.15) is 5.10 Å². The molecule has 0 spiro atoms. The Hall–Kier alpha value is -2.41. The molecule has 1 aliphatic heterocycles. The molecule has 8 heteroatoms. The lowest BCUT2D eigenvalue weighted by atomic mass is 10.1. The highest BCUT2D eigenvalue weighted by molar-refractivity contribution is 6.30. The zero-order valence-corrected chi connectivity index (χ0v) is 12.5. The van der Waals surface area contributed by atoms with E-state index in [1.165, 1.54) is 25.4 Å². The summed E-state index contributed by atoms with van der Waals surface area (Å²) in [5.41, 5.74) is -0.0136.